The van der Waals surface area contributed by atoms with E-state index >= 15 is 0 Å². The van der Waals surface area contributed by atoms with Crippen molar-refractivity contribution in [3.8, 4) is 0 Å². The second-order valence-electron chi connectivity index (χ2n) is 9.54. The first-order valence-electron chi connectivity index (χ1n) is 11.2. The summed E-state index contributed by atoms with van der Waals surface area (Å²) < 4.78 is 39.9. The minimum Gasteiger partial charge on any atom is -0.307 e. The fraction of sp³-hybridized carbons (Fsp3) is 0.375. The van der Waals surface area contributed by atoms with E-state index in [1.54, 1.807) is 23.1 Å². The maximum absolute atomic E-state index is 13.6. The normalized spacial score (nSPS) is 33.2. The molecule has 0 radical (unpaired) electrons. The van der Waals surface area contributed by atoms with Crippen molar-refractivity contribution in [2.24, 2.45) is 29.6 Å². The number of carbonyl (C=O) groups is 2. The highest BCUT2D eigenvalue weighted by Gasteiger charge is 2.69. The van der Waals surface area contributed by atoms with Gasteiger partial charge in [0.1, 0.15) is 0 Å². The van der Waals surface area contributed by atoms with Gasteiger partial charge in [-0.3, -0.25) is 19.3 Å². The molecule has 2 aliphatic carbocycles. The number of thioether (sulfide) groups is 1. The number of fused-ring (bicyclic) bond motifs is 9. The first-order chi connectivity index (χ1) is 16.7. The van der Waals surface area contributed by atoms with Crippen molar-refractivity contribution < 1.29 is 22.8 Å². The molecule has 2 aromatic heterocycles. The number of nitrogens with one attached hydrogen (secondary N) is 1. The molecule has 4 heterocycles. The number of amides is 2. The Kier molecular flexibility index (Phi) is 4.58. The van der Waals surface area contributed by atoms with Gasteiger partial charge in [-0.1, -0.05) is 23.5 Å². The smallest absolute Gasteiger partial charge is 0.307 e. The molecule has 11 heteroatoms. The van der Waals surface area contributed by atoms with Gasteiger partial charge in [0.25, 0.3) is 0 Å². The number of imide groups is 1. The van der Waals surface area contributed by atoms with E-state index in [1.807, 2.05) is 11.4 Å². The molecule has 180 valence electrons. The van der Waals surface area contributed by atoms with Crippen LogP contribution in [-0.4, -0.2) is 22.0 Å². The van der Waals surface area contributed by atoms with Gasteiger partial charge in [0.2, 0.25) is 11.8 Å². The van der Waals surface area contributed by atoms with Crippen LogP contribution < -0.4 is 9.77 Å². The first-order valence-corrected chi connectivity index (χ1v) is 13.8. The van der Waals surface area contributed by atoms with E-state index in [2.05, 4.69) is 11.1 Å². The third-order valence-electron chi connectivity index (χ3n) is 8.01. The van der Waals surface area contributed by atoms with E-state index in [1.165, 1.54) is 23.5 Å². The Labute approximate surface area is 209 Å². The van der Waals surface area contributed by atoms with Crippen LogP contribution in [0.1, 0.15) is 27.7 Å². The molecule has 1 saturated heterocycles. The molecule has 5 nitrogen and oxygen atoms in total. The van der Waals surface area contributed by atoms with Crippen molar-refractivity contribution in [2.45, 2.75) is 28.8 Å². The molecule has 2 amide bonds. The first kappa shape index (κ1) is 21.9. The quantitative estimate of drug-likeness (QED) is 0.459. The highest BCUT2D eigenvalue weighted by Crippen LogP contribution is 2.69. The van der Waals surface area contributed by atoms with Gasteiger partial charge in [-0.2, -0.15) is 13.2 Å². The average Bonchev–Trinajstić information content (AvgIpc) is 3.61. The van der Waals surface area contributed by atoms with Crippen molar-refractivity contribution in [2.75, 3.05) is 4.90 Å². The monoisotopic (exact) mass is 534 g/mol. The van der Waals surface area contributed by atoms with Crippen LogP contribution in [0.25, 0.3) is 0 Å². The van der Waals surface area contributed by atoms with Crippen LogP contribution in [0.2, 0.25) is 0 Å². The number of halogens is 3. The van der Waals surface area contributed by atoms with Crippen LogP contribution in [0.5, 0.6) is 0 Å². The Morgan fingerprint density at radius 1 is 1.00 bits per heavy atom. The number of aromatic amines is 1. The molecule has 4 aliphatic rings. The predicted molar refractivity (Wildman–Crippen MR) is 127 cm³/mol. The molecule has 35 heavy (non-hydrogen) atoms. The van der Waals surface area contributed by atoms with Crippen molar-refractivity contribution in [3.05, 3.63) is 66.8 Å². The number of hydrogen-bond donors (Lipinski definition) is 1. The zero-order valence-electron chi connectivity index (χ0n) is 17.8. The lowest BCUT2D eigenvalue weighted by atomic mass is 9.69. The molecule has 0 spiro atoms. The zero-order chi connectivity index (χ0) is 24.2. The van der Waals surface area contributed by atoms with Gasteiger partial charge in [0, 0.05) is 20.9 Å². The summed E-state index contributed by atoms with van der Waals surface area (Å²) in [5, 5.41) is 2.90. The van der Waals surface area contributed by atoms with Gasteiger partial charge in [-0.05, 0) is 53.8 Å². The SMILES string of the molecule is O=C1[C@H]2[C@H]3C[C@@H]([C@@H]2C(=O)N1c1cccc(C(F)(F)F)c1)[C@H]1[C@H](c2cccs2)c2sc(=O)[nH]c2S[C@H]31. The minimum atomic E-state index is -4.56. The van der Waals surface area contributed by atoms with Crippen molar-refractivity contribution in [1.29, 1.82) is 0 Å². The highest BCUT2D eigenvalue weighted by molar-refractivity contribution is 8.00. The number of benzene rings is 1. The summed E-state index contributed by atoms with van der Waals surface area (Å²) in [6.07, 6.45) is -3.82. The predicted octanol–water partition coefficient (Wildman–Crippen LogP) is 5.19. The molecular weight excluding hydrogens is 517 g/mol. The minimum absolute atomic E-state index is 0.0162. The van der Waals surface area contributed by atoms with Gasteiger partial charge in [0.05, 0.1) is 28.1 Å². The van der Waals surface area contributed by atoms with E-state index in [9.17, 15) is 27.6 Å². The number of thiophene rings is 1. The summed E-state index contributed by atoms with van der Waals surface area (Å²) in [6, 6.07) is 8.48. The van der Waals surface area contributed by atoms with Crippen LogP contribution in [0.15, 0.2) is 51.6 Å². The fourth-order valence-corrected chi connectivity index (χ4v) is 10.7. The summed E-state index contributed by atoms with van der Waals surface area (Å²) in [7, 11) is 0. The molecular formula is C24H17F3N2O3S3. The standard InChI is InChI=1S/C24H17F3N2O3S3/c25-24(26,27)9-3-1-4-10(7-9)29-21(30)15-11-8-12(16(15)22(29)31)18-14(11)17(13-5-2-6-33-13)19-20(34-18)28-23(32)35-19/h1-7,11-12,14-18H,8H2,(H,28,32)/t11-,12-,14+,15+,16+,17+,18-/m1/s1. The van der Waals surface area contributed by atoms with Gasteiger partial charge in [-0.25, -0.2) is 0 Å². The van der Waals surface area contributed by atoms with Crippen LogP contribution >= 0.6 is 34.4 Å². The number of hydrogen-bond acceptors (Lipinski definition) is 6. The van der Waals surface area contributed by atoms with E-state index in [4.69, 9.17) is 0 Å². The Balaban J connectivity index is 1.30. The number of H-pyrrole nitrogens is 1. The molecule has 2 aliphatic heterocycles. The van der Waals surface area contributed by atoms with E-state index in [0.29, 0.717) is 0 Å². The lowest BCUT2D eigenvalue weighted by Gasteiger charge is -2.42. The van der Waals surface area contributed by atoms with Crippen LogP contribution in [0.4, 0.5) is 18.9 Å². The van der Waals surface area contributed by atoms with Crippen molar-refractivity contribution in [1.82, 2.24) is 4.98 Å². The summed E-state index contributed by atoms with van der Waals surface area (Å²) in [5.41, 5.74) is -0.900. The van der Waals surface area contributed by atoms with Crippen LogP contribution in [0, 0.1) is 29.6 Å². The molecule has 3 aromatic rings. The number of alkyl halides is 3. The molecule has 7 atom stereocenters. The van der Waals surface area contributed by atoms with E-state index < -0.39 is 35.4 Å². The Morgan fingerprint density at radius 3 is 2.49 bits per heavy atom. The van der Waals surface area contributed by atoms with Crippen molar-refractivity contribution in [3.63, 3.8) is 0 Å². The maximum Gasteiger partial charge on any atom is 0.416 e. The van der Waals surface area contributed by atoms with Crippen LogP contribution in [0.3, 0.4) is 0 Å². The zero-order valence-corrected chi connectivity index (χ0v) is 20.3. The largest absolute Gasteiger partial charge is 0.416 e. The van der Waals surface area contributed by atoms with Crippen molar-refractivity contribution >= 4 is 51.9 Å². The maximum atomic E-state index is 13.6. The molecule has 2 saturated carbocycles. The summed E-state index contributed by atoms with van der Waals surface area (Å²) >= 11 is 4.42. The Hall–Kier alpha value is -2.37. The molecule has 1 aromatic carbocycles. The molecule has 7 rings (SSSR count). The number of carbonyl (C=O) groups excluding carboxylic acids is 2. The molecule has 0 unspecified atom stereocenters. The lowest BCUT2D eigenvalue weighted by Crippen LogP contribution is -2.42. The molecule has 1 N–H and O–H groups in total. The summed E-state index contributed by atoms with van der Waals surface area (Å²) in [6.45, 7) is 0. The molecule has 2 bridgehead atoms. The van der Waals surface area contributed by atoms with Crippen LogP contribution in [-0.2, 0) is 15.8 Å². The summed E-state index contributed by atoms with van der Waals surface area (Å²) in [5.74, 6) is -1.94. The topological polar surface area (TPSA) is 70.2 Å². The number of nitrogens with zero attached hydrogens (tertiary/aromatic N) is 1. The fourth-order valence-electron chi connectivity index (χ4n) is 6.88. The third-order valence-corrected chi connectivity index (χ3v) is 11.5. The van der Waals surface area contributed by atoms with E-state index in [-0.39, 0.29) is 39.5 Å². The Bertz CT molecular complexity index is 1430. The van der Waals surface area contributed by atoms with Gasteiger partial charge in [0.15, 0.2) is 0 Å². The number of aromatic nitrogens is 1. The Morgan fingerprint density at radius 2 is 1.77 bits per heavy atom. The second kappa shape index (κ2) is 7.33. The second-order valence-corrected chi connectivity index (χ2v) is 12.7. The van der Waals surface area contributed by atoms with Gasteiger partial charge < -0.3 is 4.98 Å². The van der Waals surface area contributed by atoms with Gasteiger partial charge in [-0.15, -0.1) is 23.1 Å². The third kappa shape index (κ3) is 2.97. The summed E-state index contributed by atoms with van der Waals surface area (Å²) in [4.78, 5) is 45.4. The highest BCUT2D eigenvalue weighted by atomic mass is 32.2. The number of rotatable bonds is 2. The van der Waals surface area contributed by atoms with E-state index in [0.717, 1.165) is 38.2 Å². The van der Waals surface area contributed by atoms with Gasteiger partial charge >= 0.3 is 11.0 Å². The average molecular weight is 535 g/mol. The number of anilines is 1. The number of thiazole rings is 1. The molecule has 3 fully saturated rings. The lowest BCUT2D eigenvalue weighted by molar-refractivity contribution is -0.137.